The van der Waals surface area contributed by atoms with Gasteiger partial charge in [0.2, 0.25) is 0 Å². The van der Waals surface area contributed by atoms with Crippen LogP contribution in [0.3, 0.4) is 0 Å². The maximum absolute atomic E-state index is 9.96. The van der Waals surface area contributed by atoms with Crippen molar-refractivity contribution in [2.24, 2.45) is 0 Å². The second-order valence-electron chi connectivity index (χ2n) is 5.53. The van der Waals surface area contributed by atoms with Crippen LogP contribution in [0.5, 0.6) is 5.75 Å². The van der Waals surface area contributed by atoms with Crippen molar-refractivity contribution in [3.8, 4) is 34.2 Å². The molecule has 0 aliphatic carbocycles. The summed E-state index contributed by atoms with van der Waals surface area (Å²) in [6.07, 6.45) is 0. The Morgan fingerprint density at radius 3 is 2.46 bits per heavy atom. The van der Waals surface area contributed by atoms with Crippen molar-refractivity contribution in [2.75, 3.05) is 7.11 Å². The summed E-state index contributed by atoms with van der Waals surface area (Å²) in [5.74, 6) is 0.710. The van der Waals surface area contributed by atoms with Crippen LogP contribution in [0, 0.1) is 11.3 Å². The number of thiophene rings is 1. The molecule has 0 radical (unpaired) electrons. The van der Waals surface area contributed by atoms with Gasteiger partial charge in [-0.15, -0.1) is 23.7 Å². The van der Waals surface area contributed by atoms with Crippen LogP contribution in [0.2, 0.25) is 0 Å². The lowest BCUT2D eigenvalue weighted by molar-refractivity contribution is 0.416. The van der Waals surface area contributed by atoms with Gasteiger partial charge in [-0.25, -0.2) is 4.98 Å². The molecule has 0 N–H and O–H groups in total. The molecule has 0 bridgehead atoms. The van der Waals surface area contributed by atoms with Gasteiger partial charge in [-0.05, 0) is 29.1 Å². The normalized spacial score (nSPS) is 10.2. The number of para-hydroxylation sites is 1. The third-order valence-electron chi connectivity index (χ3n) is 4.15. The van der Waals surface area contributed by atoms with Crippen LogP contribution in [0.15, 0.2) is 66.0 Å². The quantitative estimate of drug-likeness (QED) is 0.443. The van der Waals surface area contributed by atoms with E-state index in [0.29, 0.717) is 17.0 Å². The van der Waals surface area contributed by atoms with Gasteiger partial charge in [0.25, 0.3) is 0 Å². The number of benzene rings is 2. The Balaban J connectivity index is 0.00000196. The van der Waals surface area contributed by atoms with E-state index in [2.05, 4.69) is 6.07 Å². The summed E-state index contributed by atoms with van der Waals surface area (Å²) >= 11 is 1.58. The molecule has 2 aromatic heterocycles. The lowest BCUT2D eigenvalue weighted by Crippen LogP contribution is -1.96. The zero-order chi connectivity index (χ0) is 17.2. The zero-order valence-corrected chi connectivity index (χ0v) is 15.6. The number of ether oxygens (including phenoxy) is 1. The summed E-state index contributed by atoms with van der Waals surface area (Å²) in [7, 11) is 1.63. The first-order chi connectivity index (χ1) is 12.3. The molecule has 0 amide bonds. The predicted molar refractivity (Wildman–Crippen MR) is 109 cm³/mol. The molecule has 0 spiro atoms. The minimum absolute atomic E-state index is 0. The summed E-state index contributed by atoms with van der Waals surface area (Å²) in [6, 6.07) is 22.1. The van der Waals surface area contributed by atoms with Crippen molar-refractivity contribution in [3.05, 3.63) is 71.6 Å². The highest BCUT2D eigenvalue weighted by molar-refractivity contribution is 7.16. The average molecular weight is 379 g/mol. The van der Waals surface area contributed by atoms with Crippen molar-refractivity contribution in [3.63, 3.8) is 0 Å². The van der Waals surface area contributed by atoms with E-state index < -0.39 is 0 Å². The fraction of sp³-hybridized carbons (Fsp3) is 0.0476. The maximum atomic E-state index is 9.96. The molecule has 0 saturated heterocycles. The number of aromatic nitrogens is 1. The van der Waals surface area contributed by atoms with Crippen molar-refractivity contribution < 1.29 is 4.74 Å². The van der Waals surface area contributed by atoms with Crippen LogP contribution in [-0.2, 0) is 0 Å². The van der Waals surface area contributed by atoms with Gasteiger partial charge < -0.3 is 4.74 Å². The summed E-state index contributed by atoms with van der Waals surface area (Å²) < 4.78 is 5.49. The summed E-state index contributed by atoms with van der Waals surface area (Å²) in [6.45, 7) is 0. The molecular formula is C21H15ClN2OS. The van der Waals surface area contributed by atoms with Crippen molar-refractivity contribution in [2.45, 2.75) is 0 Å². The van der Waals surface area contributed by atoms with Gasteiger partial charge in [-0.3, -0.25) is 0 Å². The molecule has 0 atom stereocenters. The number of rotatable bonds is 3. The highest BCUT2D eigenvalue weighted by atomic mass is 35.5. The number of hydrogen-bond donors (Lipinski definition) is 0. The fourth-order valence-corrected chi connectivity index (χ4v) is 3.81. The Morgan fingerprint density at radius 2 is 1.73 bits per heavy atom. The summed E-state index contributed by atoms with van der Waals surface area (Å²) in [5.41, 5.74) is 4.00. The van der Waals surface area contributed by atoms with Gasteiger partial charge in [0.1, 0.15) is 16.6 Å². The Labute approximate surface area is 161 Å². The molecule has 0 unspecified atom stereocenters. The van der Waals surface area contributed by atoms with Crippen LogP contribution in [0.25, 0.3) is 32.6 Å². The molecule has 26 heavy (non-hydrogen) atoms. The van der Waals surface area contributed by atoms with Gasteiger partial charge >= 0.3 is 0 Å². The van der Waals surface area contributed by atoms with E-state index in [1.807, 2.05) is 66.0 Å². The Bertz CT molecular complexity index is 1100. The van der Waals surface area contributed by atoms with E-state index in [4.69, 9.17) is 9.72 Å². The molecule has 0 aliphatic rings. The molecular weight excluding hydrogens is 364 g/mol. The first-order valence-corrected chi connectivity index (χ1v) is 8.71. The smallest absolute Gasteiger partial charge is 0.128 e. The van der Waals surface area contributed by atoms with Gasteiger partial charge in [0, 0.05) is 16.5 Å². The number of halogens is 1. The Kier molecular flexibility index (Phi) is 5.22. The zero-order valence-electron chi connectivity index (χ0n) is 14.0. The van der Waals surface area contributed by atoms with Gasteiger partial charge in [0.05, 0.1) is 18.4 Å². The predicted octanol–water partition coefficient (Wildman–Crippen LogP) is 5.93. The Hall–Kier alpha value is -2.87. The number of fused-ring (bicyclic) bond motifs is 1. The lowest BCUT2D eigenvalue weighted by Gasteiger charge is -2.13. The fourth-order valence-electron chi connectivity index (χ4n) is 3.04. The molecule has 4 aromatic rings. The topological polar surface area (TPSA) is 45.9 Å². The van der Waals surface area contributed by atoms with E-state index >= 15 is 0 Å². The summed E-state index contributed by atoms with van der Waals surface area (Å²) in [4.78, 5) is 5.70. The number of nitrogens with zero attached hydrogens (tertiary/aromatic N) is 2. The van der Waals surface area contributed by atoms with E-state index in [-0.39, 0.29) is 12.4 Å². The third-order valence-corrected chi connectivity index (χ3v) is 4.96. The largest absolute Gasteiger partial charge is 0.496 e. The second kappa shape index (κ2) is 7.57. The highest BCUT2D eigenvalue weighted by Gasteiger charge is 2.20. The van der Waals surface area contributed by atoms with Gasteiger partial charge in [-0.1, -0.05) is 42.5 Å². The molecule has 4 rings (SSSR count). The van der Waals surface area contributed by atoms with Crippen molar-refractivity contribution in [1.29, 1.82) is 5.26 Å². The van der Waals surface area contributed by atoms with Crippen LogP contribution < -0.4 is 4.74 Å². The van der Waals surface area contributed by atoms with Crippen LogP contribution in [0.4, 0.5) is 0 Å². The van der Waals surface area contributed by atoms with Gasteiger partial charge in [0.15, 0.2) is 0 Å². The van der Waals surface area contributed by atoms with E-state index in [9.17, 15) is 5.26 Å². The van der Waals surface area contributed by atoms with Gasteiger partial charge in [-0.2, -0.15) is 5.26 Å². The van der Waals surface area contributed by atoms with Crippen molar-refractivity contribution in [1.82, 2.24) is 4.98 Å². The molecule has 5 heteroatoms. The SMILES string of the molecule is COc1ccccc1-c1nc2sccc2c(-c2ccccc2)c1C#N.Cl. The standard InChI is InChI=1S/C21H14N2OS.ClH/c1-24-18-10-6-5-9-15(18)20-17(13-22)19(14-7-3-2-4-8-14)16-11-12-25-21(16)23-20;/h2-12H,1H3;1H. The Morgan fingerprint density at radius 1 is 1.00 bits per heavy atom. The number of pyridine rings is 1. The molecule has 2 aromatic carbocycles. The molecule has 3 nitrogen and oxygen atoms in total. The summed E-state index contributed by atoms with van der Waals surface area (Å²) in [5, 5.41) is 13.0. The monoisotopic (exact) mass is 378 g/mol. The molecule has 0 fully saturated rings. The third kappa shape index (κ3) is 2.92. The average Bonchev–Trinajstić information content (AvgIpc) is 3.15. The lowest BCUT2D eigenvalue weighted by atomic mass is 9.94. The maximum Gasteiger partial charge on any atom is 0.128 e. The number of nitriles is 1. The van der Waals surface area contributed by atoms with Crippen LogP contribution in [-0.4, -0.2) is 12.1 Å². The molecule has 2 heterocycles. The van der Waals surface area contributed by atoms with E-state index in [1.165, 1.54) is 0 Å². The van der Waals surface area contributed by atoms with Crippen molar-refractivity contribution >= 4 is 34.0 Å². The molecule has 0 saturated carbocycles. The highest BCUT2D eigenvalue weighted by Crippen LogP contribution is 2.40. The van der Waals surface area contributed by atoms with Crippen LogP contribution in [0.1, 0.15) is 5.56 Å². The second-order valence-corrected chi connectivity index (χ2v) is 6.42. The number of hydrogen-bond acceptors (Lipinski definition) is 4. The van der Waals surface area contributed by atoms with Crippen LogP contribution >= 0.6 is 23.7 Å². The first kappa shape index (κ1) is 17.9. The minimum Gasteiger partial charge on any atom is -0.496 e. The first-order valence-electron chi connectivity index (χ1n) is 7.83. The van der Waals surface area contributed by atoms with E-state index in [0.717, 1.165) is 26.9 Å². The molecule has 128 valence electrons. The molecule has 0 aliphatic heterocycles. The number of methoxy groups -OCH3 is 1. The minimum atomic E-state index is 0. The van der Waals surface area contributed by atoms with E-state index in [1.54, 1.807) is 18.4 Å².